The van der Waals surface area contributed by atoms with Gasteiger partial charge in [0.15, 0.2) is 11.2 Å². The summed E-state index contributed by atoms with van der Waals surface area (Å²) in [4.78, 5) is 48.6. The van der Waals surface area contributed by atoms with Crippen LogP contribution in [-0.4, -0.2) is 48.0 Å². The minimum atomic E-state index is -0.613. The standard InChI is InChI=1S/C29H35N7O4/c1-8-9-14-35-23-24(33-26(35)32-19(3)16-30-27(38)40-29(4,5)6)34(7)28(39)36(25(23)37)17-22-21-13-11-10-12-20(21)15-18(2)31-22/h10-13,15,19H,14,16-17H2,1-7H3,(H,30,38)(H,32,33)/t19-/m1/s1. The van der Waals surface area contributed by atoms with E-state index < -0.39 is 22.9 Å². The molecule has 0 unspecified atom stereocenters. The third-order valence-corrected chi connectivity index (χ3v) is 6.23. The van der Waals surface area contributed by atoms with Gasteiger partial charge in [-0.3, -0.25) is 23.5 Å². The first-order valence-corrected chi connectivity index (χ1v) is 13.1. The number of carbonyl (C=O) groups excluding carboxylic acids is 1. The van der Waals surface area contributed by atoms with Gasteiger partial charge in [-0.1, -0.05) is 30.2 Å². The molecule has 0 aliphatic heterocycles. The molecule has 0 saturated carbocycles. The van der Waals surface area contributed by atoms with Gasteiger partial charge in [0.1, 0.15) is 5.60 Å². The van der Waals surface area contributed by atoms with Crippen molar-refractivity contribution in [1.82, 2.24) is 29.0 Å². The third-order valence-electron chi connectivity index (χ3n) is 6.23. The predicted molar refractivity (Wildman–Crippen MR) is 156 cm³/mol. The van der Waals surface area contributed by atoms with Crippen LogP contribution in [0.15, 0.2) is 39.9 Å². The molecule has 40 heavy (non-hydrogen) atoms. The SMILES string of the molecule is CC#CCn1c(N[C@H](C)CNC(=O)OC(C)(C)C)nc2c1c(=O)n(Cc1nc(C)cc3ccccc13)c(=O)n2C. The van der Waals surface area contributed by atoms with Gasteiger partial charge in [0.25, 0.3) is 5.56 Å². The summed E-state index contributed by atoms with van der Waals surface area (Å²) in [5.41, 5.74) is 0.318. The number of amides is 1. The molecule has 0 aliphatic carbocycles. The van der Waals surface area contributed by atoms with Gasteiger partial charge in [-0.15, -0.1) is 5.92 Å². The number of nitrogens with one attached hydrogen (secondary N) is 2. The Bertz CT molecular complexity index is 1760. The smallest absolute Gasteiger partial charge is 0.407 e. The van der Waals surface area contributed by atoms with Gasteiger partial charge in [0.05, 0.1) is 18.8 Å². The molecule has 210 valence electrons. The second-order valence-corrected chi connectivity index (χ2v) is 10.7. The molecule has 11 heteroatoms. The van der Waals surface area contributed by atoms with Crippen molar-refractivity contribution < 1.29 is 9.53 Å². The molecule has 3 aromatic heterocycles. The molecule has 4 rings (SSSR count). The highest BCUT2D eigenvalue weighted by Gasteiger charge is 2.22. The Morgan fingerprint density at radius 1 is 1.15 bits per heavy atom. The van der Waals surface area contributed by atoms with E-state index in [1.165, 1.54) is 9.13 Å². The normalized spacial score (nSPS) is 12.2. The second kappa shape index (κ2) is 11.3. The Hall–Kier alpha value is -4.59. The van der Waals surface area contributed by atoms with Gasteiger partial charge >= 0.3 is 11.8 Å². The summed E-state index contributed by atoms with van der Waals surface area (Å²) in [7, 11) is 1.59. The van der Waals surface area contributed by atoms with Crippen molar-refractivity contribution in [2.75, 3.05) is 11.9 Å². The number of anilines is 1. The molecule has 0 saturated heterocycles. The number of alkyl carbamates (subject to hydrolysis) is 1. The van der Waals surface area contributed by atoms with Gasteiger partial charge in [-0.05, 0) is 53.0 Å². The van der Waals surface area contributed by atoms with Crippen molar-refractivity contribution in [3.8, 4) is 11.8 Å². The molecule has 3 heterocycles. The summed E-state index contributed by atoms with van der Waals surface area (Å²) in [5.74, 6) is 6.20. The Kier molecular flexibility index (Phi) is 8.00. The summed E-state index contributed by atoms with van der Waals surface area (Å²) in [6.45, 7) is 11.3. The van der Waals surface area contributed by atoms with Gasteiger partial charge in [-0.2, -0.15) is 4.98 Å². The molecular weight excluding hydrogens is 510 g/mol. The molecule has 0 bridgehead atoms. The highest BCUT2D eigenvalue weighted by Crippen LogP contribution is 2.20. The first-order valence-electron chi connectivity index (χ1n) is 13.1. The summed E-state index contributed by atoms with van der Waals surface area (Å²) in [6.07, 6.45) is -0.533. The number of pyridine rings is 1. The van der Waals surface area contributed by atoms with E-state index in [9.17, 15) is 14.4 Å². The first kappa shape index (κ1) is 28.4. The Morgan fingerprint density at radius 2 is 1.88 bits per heavy atom. The summed E-state index contributed by atoms with van der Waals surface area (Å²) in [5, 5.41) is 7.83. The quantitative estimate of drug-likeness (QED) is 0.342. The lowest BCUT2D eigenvalue weighted by Crippen LogP contribution is -2.40. The number of nitrogens with zero attached hydrogens (tertiary/aromatic N) is 5. The van der Waals surface area contributed by atoms with E-state index >= 15 is 0 Å². The van der Waals surface area contributed by atoms with E-state index in [-0.39, 0.29) is 36.8 Å². The highest BCUT2D eigenvalue weighted by molar-refractivity contribution is 5.85. The Balaban J connectivity index is 1.75. The van der Waals surface area contributed by atoms with Crippen molar-refractivity contribution in [2.45, 2.75) is 66.3 Å². The van der Waals surface area contributed by atoms with Crippen LogP contribution in [0.4, 0.5) is 10.7 Å². The number of aryl methyl sites for hydroxylation is 2. The number of aromatic nitrogens is 5. The van der Waals surface area contributed by atoms with Crippen LogP contribution in [0.3, 0.4) is 0 Å². The van der Waals surface area contributed by atoms with Gasteiger partial charge in [0, 0.05) is 30.7 Å². The summed E-state index contributed by atoms with van der Waals surface area (Å²) < 4.78 is 9.51. The van der Waals surface area contributed by atoms with Gasteiger partial charge < -0.3 is 15.4 Å². The molecule has 2 N–H and O–H groups in total. The van der Waals surface area contributed by atoms with E-state index in [4.69, 9.17) is 4.74 Å². The van der Waals surface area contributed by atoms with Crippen molar-refractivity contribution in [1.29, 1.82) is 0 Å². The van der Waals surface area contributed by atoms with Crippen molar-refractivity contribution in [2.24, 2.45) is 7.05 Å². The molecule has 11 nitrogen and oxygen atoms in total. The highest BCUT2D eigenvalue weighted by atomic mass is 16.6. The van der Waals surface area contributed by atoms with Crippen LogP contribution in [0, 0.1) is 18.8 Å². The van der Waals surface area contributed by atoms with Crippen LogP contribution >= 0.6 is 0 Å². The maximum atomic E-state index is 13.9. The molecule has 1 atom stereocenters. The zero-order valence-electron chi connectivity index (χ0n) is 24.0. The molecule has 0 fully saturated rings. The molecule has 0 spiro atoms. The Morgan fingerprint density at radius 3 is 2.58 bits per heavy atom. The summed E-state index contributed by atoms with van der Waals surface area (Å²) >= 11 is 0. The lowest BCUT2D eigenvalue weighted by atomic mass is 10.1. The van der Waals surface area contributed by atoms with E-state index in [1.807, 2.05) is 44.2 Å². The minimum Gasteiger partial charge on any atom is -0.444 e. The van der Waals surface area contributed by atoms with Crippen LogP contribution in [0.5, 0.6) is 0 Å². The van der Waals surface area contributed by atoms with Crippen molar-refractivity contribution in [3.63, 3.8) is 0 Å². The van der Waals surface area contributed by atoms with E-state index in [0.29, 0.717) is 11.6 Å². The third kappa shape index (κ3) is 6.01. The molecule has 4 aromatic rings. The predicted octanol–water partition coefficient (Wildman–Crippen LogP) is 3.15. The fourth-order valence-corrected chi connectivity index (χ4v) is 4.44. The molecular formula is C29H35N7O4. The topological polar surface area (TPSA) is 125 Å². The fourth-order valence-electron chi connectivity index (χ4n) is 4.44. The number of hydrogen-bond donors (Lipinski definition) is 2. The zero-order chi connectivity index (χ0) is 29.2. The number of fused-ring (bicyclic) bond motifs is 2. The van der Waals surface area contributed by atoms with Crippen LogP contribution in [0.25, 0.3) is 21.9 Å². The average molecular weight is 546 g/mol. The van der Waals surface area contributed by atoms with E-state index in [1.54, 1.807) is 39.3 Å². The lowest BCUT2D eigenvalue weighted by Gasteiger charge is -2.21. The van der Waals surface area contributed by atoms with Crippen LogP contribution in [-0.2, 0) is 24.9 Å². The maximum Gasteiger partial charge on any atom is 0.407 e. The Labute approximate surface area is 232 Å². The van der Waals surface area contributed by atoms with Crippen LogP contribution < -0.4 is 21.9 Å². The number of benzene rings is 1. The second-order valence-electron chi connectivity index (χ2n) is 10.7. The fraction of sp³-hybridized carbons (Fsp3) is 0.414. The van der Waals surface area contributed by atoms with E-state index in [2.05, 4.69) is 32.4 Å². The van der Waals surface area contributed by atoms with Crippen LogP contribution in [0.1, 0.15) is 46.0 Å². The molecule has 1 aromatic carbocycles. The number of imidazole rings is 1. The van der Waals surface area contributed by atoms with Crippen molar-refractivity contribution in [3.05, 3.63) is 62.6 Å². The minimum absolute atomic E-state index is 0.00719. The monoisotopic (exact) mass is 545 g/mol. The zero-order valence-corrected chi connectivity index (χ0v) is 24.0. The first-order chi connectivity index (χ1) is 18.9. The number of carbonyl (C=O) groups is 1. The number of ether oxygens (including phenoxy) is 1. The van der Waals surface area contributed by atoms with Crippen molar-refractivity contribution >= 4 is 34.0 Å². The number of rotatable bonds is 7. The number of hydrogen-bond acceptors (Lipinski definition) is 7. The van der Waals surface area contributed by atoms with Gasteiger partial charge in [-0.25, -0.2) is 9.59 Å². The lowest BCUT2D eigenvalue weighted by molar-refractivity contribution is 0.0526. The summed E-state index contributed by atoms with van der Waals surface area (Å²) in [6, 6.07) is 9.45. The average Bonchev–Trinajstić information content (AvgIpc) is 3.24. The van der Waals surface area contributed by atoms with E-state index in [0.717, 1.165) is 16.5 Å². The molecule has 0 aliphatic rings. The molecule has 0 radical (unpaired) electrons. The maximum absolute atomic E-state index is 13.9. The largest absolute Gasteiger partial charge is 0.444 e. The van der Waals surface area contributed by atoms with Crippen LogP contribution in [0.2, 0.25) is 0 Å². The molecule has 1 amide bonds. The van der Waals surface area contributed by atoms with Gasteiger partial charge in [0.2, 0.25) is 5.95 Å².